The first-order valence-corrected chi connectivity index (χ1v) is 5.80. The van der Waals surface area contributed by atoms with Crippen molar-refractivity contribution in [3.05, 3.63) is 77.9 Å². The van der Waals surface area contributed by atoms with Gasteiger partial charge in [-0.1, -0.05) is 66.8 Å². The number of halogens is 1. The van der Waals surface area contributed by atoms with Gasteiger partial charge in [-0.15, -0.1) is 11.6 Å². The van der Waals surface area contributed by atoms with E-state index in [0.717, 1.165) is 5.56 Å². The van der Waals surface area contributed by atoms with Gasteiger partial charge < -0.3 is 0 Å². The Hall–Kier alpha value is -1.53. The third-order valence-electron chi connectivity index (χ3n) is 2.44. The maximum Gasteiger partial charge on any atom is 0.0474 e. The molecular formula is C15H13Cl. The molecule has 80 valence electrons. The Kier molecular flexibility index (Phi) is 3.79. The molecular weight excluding hydrogens is 216 g/mol. The maximum atomic E-state index is 5.76. The molecule has 16 heavy (non-hydrogen) atoms. The van der Waals surface area contributed by atoms with E-state index in [1.807, 2.05) is 30.4 Å². The van der Waals surface area contributed by atoms with Crippen molar-refractivity contribution in [2.45, 2.75) is 5.88 Å². The van der Waals surface area contributed by atoms with Crippen molar-refractivity contribution in [1.82, 2.24) is 0 Å². The molecule has 1 aromatic rings. The van der Waals surface area contributed by atoms with Crippen LogP contribution < -0.4 is 0 Å². The van der Waals surface area contributed by atoms with Gasteiger partial charge in [-0.3, -0.25) is 0 Å². The highest BCUT2D eigenvalue weighted by atomic mass is 35.5. The highest BCUT2D eigenvalue weighted by Crippen LogP contribution is 2.18. The second-order valence-electron chi connectivity index (χ2n) is 3.58. The van der Waals surface area contributed by atoms with E-state index in [0.29, 0.717) is 5.88 Å². The lowest BCUT2D eigenvalue weighted by atomic mass is 10.0. The third kappa shape index (κ3) is 2.74. The highest BCUT2D eigenvalue weighted by Gasteiger charge is 1.97. The van der Waals surface area contributed by atoms with Crippen LogP contribution in [0.1, 0.15) is 11.1 Å². The van der Waals surface area contributed by atoms with Crippen LogP contribution in [-0.4, -0.2) is 0 Å². The molecule has 1 aliphatic rings. The molecule has 0 saturated heterocycles. The number of hydrogen-bond acceptors (Lipinski definition) is 0. The standard InChI is InChI=1S/C15H13Cl/c16-12-13-8-10-15(11-9-13)14-6-4-2-1-3-5-7-14/h1-11H,12H2/b2-1-,3-1?,4-2?,5-3-,6-4-,7-5?,14-6?,14-7+. The molecule has 0 fully saturated rings. The summed E-state index contributed by atoms with van der Waals surface area (Å²) in [6, 6.07) is 8.34. The minimum atomic E-state index is 0.567. The van der Waals surface area contributed by atoms with Crippen molar-refractivity contribution in [3.8, 4) is 0 Å². The minimum absolute atomic E-state index is 0.567. The smallest absolute Gasteiger partial charge is 0.0474 e. The molecule has 0 nitrogen and oxygen atoms in total. The molecule has 0 amide bonds. The van der Waals surface area contributed by atoms with Crippen molar-refractivity contribution in [1.29, 1.82) is 0 Å². The first-order valence-electron chi connectivity index (χ1n) is 5.27. The van der Waals surface area contributed by atoms with Gasteiger partial charge in [0.1, 0.15) is 0 Å². The lowest BCUT2D eigenvalue weighted by Crippen LogP contribution is -1.83. The van der Waals surface area contributed by atoms with E-state index < -0.39 is 0 Å². The van der Waals surface area contributed by atoms with Gasteiger partial charge in [0, 0.05) is 5.88 Å². The SMILES string of the molecule is ClCc1ccc(C2=C/C=C\C=C/C=C\2)cc1. The molecule has 0 bridgehead atoms. The van der Waals surface area contributed by atoms with E-state index in [-0.39, 0.29) is 0 Å². The summed E-state index contributed by atoms with van der Waals surface area (Å²) in [5.74, 6) is 0.567. The summed E-state index contributed by atoms with van der Waals surface area (Å²) in [6.45, 7) is 0. The van der Waals surface area contributed by atoms with Crippen molar-refractivity contribution >= 4 is 17.2 Å². The molecule has 1 aromatic carbocycles. The molecule has 0 atom stereocenters. The summed E-state index contributed by atoms with van der Waals surface area (Å²) in [5.41, 5.74) is 3.57. The van der Waals surface area contributed by atoms with E-state index in [1.165, 1.54) is 11.1 Å². The van der Waals surface area contributed by atoms with Crippen LogP contribution in [0.3, 0.4) is 0 Å². The Morgan fingerprint density at radius 3 is 2.25 bits per heavy atom. The zero-order chi connectivity index (χ0) is 11.2. The molecule has 0 spiro atoms. The number of benzene rings is 1. The van der Waals surface area contributed by atoms with Crippen LogP contribution in [0.25, 0.3) is 5.57 Å². The van der Waals surface area contributed by atoms with Gasteiger partial charge in [-0.05, 0) is 16.7 Å². The van der Waals surface area contributed by atoms with Crippen LogP contribution in [0, 0.1) is 0 Å². The van der Waals surface area contributed by atoms with Crippen molar-refractivity contribution in [2.24, 2.45) is 0 Å². The van der Waals surface area contributed by atoms with Crippen molar-refractivity contribution in [2.75, 3.05) is 0 Å². The quantitative estimate of drug-likeness (QED) is 0.655. The topological polar surface area (TPSA) is 0 Å². The summed E-state index contributed by atoms with van der Waals surface area (Å²) in [4.78, 5) is 0. The van der Waals surface area contributed by atoms with Gasteiger partial charge in [0.25, 0.3) is 0 Å². The molecule has 1 aliphatic carbocycles. The predicted octanol–water partition coefficient (Wildman–Crippen LogP) is 4.49. The normalized spacial score (nSPS) is 23.7. The van der Waals surface area contributed by atoms with Crippen molar-refractivity contribution < 1.29 is 0 Å². The summed E-state index contributed by atoms with van der Waals surface area (Å²) in [7, 11) is 0. The van der Waals surface area contributed by atoms with Gasteiger partial charge in [0.2, 0.25) is 0 Å². The van der Waals surface area contributed by atoms with Gasteiger partial charge in [-0.25, -0.2) is 0 Å². The van der Waals surface area contributed by atoms with E-state index in [2.05, 4.69) is 36.4 Å². The summed E-state index contributed by atoms with van der Waals surface area (Å²) in [6.07, 6.45) is 14.4. The van der Waals surface area contributed by atoms with E-state index in [1.54, 1.807) is 0 Å². The van der Waals surface area contributed by atoms with Crippen LogP contribution in [0.15, 0.2) is 66.8 Å². The molecule has 0 N–H and O–H groups in total. The van der Waals surface area contributed by atoms with Crippen LogP contribution in [0.4, 0.5) is 0 Å². The minimum Gasteiger partial charge on any atom is -0.122 e. The highest BCUT2D eigenvalue weighted by molar-refractivity contribution is 6.17. The number of hydrogen-bond donors (Lipinski definition) is 0. The van der Waals surface area contributed by atoms with Gasteiger partial charge in [-0.2, -0.15) is 0 Å². The second kappa shape index (κ2) is 5.53. The molecule has 0 aromatic heterocycles. The first-order chi connectivity index (χ1) is 7.90. The molecule has 0 radical (unpaired) electrons. The molecule has 0 aliphatic heterocycles. The van der Waals surface area contributed by atoms with E-state index >= 15 is 0 Å². The average Bonchev–Trinajstić information content (AvgIpc) is 2.29. The Bertz CT molecular complexity index is 459. The van der Waals surface area contributed by atoms with Crippen molar-refractivity contribution in [3.63, 3.8) is 0 Å². The Morgan fingerprint density at radius 2 is 1.50 bits per heavy atom. The number of allylic oxidation sites excluding steroid dienone is 8. The molecule has 2 rings (SSSR count). The zero-order valence-corrected chi connectivity index (χ0v) is 9.69. The molecule has 0 saturated carbocycles. The molecule has 0 unspecified atom stereocenters. The van der Waals surface area contributed by atoms with Gasteiger partial charge >= 0.3 is 0 Å². The number of rotatable bonds is 2. The lowest BCUT2D eigenvalue weighted by molar-refractivity contribution is 1.39. The Balaban J connectivity index is 2.29. The zero-order valence-electron chi connectivity index (χ0n) is 8.94. The van der Waals surface area contributed by atoms with Gasteiger partial charge in [0.15, 0.2) is 0 Å². The molecule has 0 heterocycles. The summed E-state index contributed by atoms with van der Waals surface area (Å²) in [5, 5.41) is 0. The third-order valence-corrected chi connectivity index (χ3v) is 2.75. The predicted molar refractivity (Wildman–Crippen MR) is 71.4 cm³/mol. The Morgan fingerprint density at radius 1 is 0.812 bits per heavy atom. The fourth-order valence-corrected chi connectivity index (χ4v) is 1.72. The fraction of sp³-hybridized carbons (Fsp3) is 0.0667. The molecule has 1 heteroatoms. The first kappa shape index (κ1) is 11.0. The average molecular weight is 229 g/mol. The van der Waals surface area contributed by atoms with Crippen LogP contribution in [0.2, 0.25) is 0 Å². The van der Waals surface area contributed by atoms with E-state index in [4.69, 9.17) is 11.6 Å². The Labute approximate surface area is 101 Å². The second-order valence-corrected chi connectivity index (χ2v) is 3.85. The van der Waals surface area contributed by atoms with Crippen LogP contribution >= 0.6 is 11.6 Å². The summed E-state index contributed by atoms with van der Waals surface area (Å²) >= 11 is 5.76. The number of alkyl halides is 1. The largest absolute Gasteiger partial charge is 0.122 e. The van der Waals surface area contributed by atoms with Gasteiger partial charge in [0.05, 0.1) is 0 Å². The van der Waals surface area contributed by atoms with Crippen LogP contribution in [-0.2, 0) is 5.88 Å². The monoisotopic (exact) mass is 228 g/mol. The summed E-state index contributed by atoms with van der Waals surface area (Å²) < 4.78 is 0. The maximum absolute atomic E-state index is 5.76. The fourth-order valence-electron chi connectivity index (χ4n) is 1.55. The van der Waals surface area contributed by atoms with E-state index in [9.17, 15) is 0 Å². The van der Waals surface area contributed by atoms with Crippen LogP contribution in [0.5, 0.6) is 0 Å². The lowest BCUT2D eigenvalue weighted by Gasteiger charge is -2.03.